The standard InChI is InChI=1S/C25H39N/c1-6-16-26(7-2)20-12-14-25(5)19(17-20)9-10-21-22-11-8-18(3)24(22,4)15-13-23(21)25/h6,8-9,16,20-23H,7,10-15,17H2,1-5H3/b16-6-. The predicted molar refractivity (Wildman–Crippen MR) is 112 cm³/mol. The third kappa shape index (κ3) is 2.56. The highest BCUT2D eigenvalue weighted by atomic mass is 15.1. The molecule has 0 spiro atoms. The molecule has 0 aromatic heterocycles. The van der Waals surface area contributed by atoms with Gasteiger partial charge in [-0.3, -0.25) is 0 Å². The second-order valence-electron chi connectivity index (χ2n) is 10.0. The number of fused-ring (bicyclic) bond motifs is 5. The molecule has 0 radical (unpaired) electrons. The van der Waals surface area contributed by atoms with Crippen molar-refractivity contribution < 1.29 is 0 Å². The van der Waals surface area contributed by atoms with Gasteiger partial charge in [-0.15, -0.1) is 0 Å². The molecule has 0 N–H and O–H groups in total. The Balaban J connectivity index is 1.58. The molecular formula is C25H39N. The summed E-state index contributed by atoms with van der Waals surface area (Å²) in [7, 11) is 0. The Hall–Kier alpha value is -0.980. The van der Waals surface area contributed by atoms with E-state index >= 15 is 0 Å². The summed E-state index contributed by atoms with van der Waals surface area (Å²) in [6.07, 6.45) is 19.4. The summed E-state index contributed by atoms with van der Waals surface area (Å²) in [5.41, 5.74) is 4.48. The van der Waals surface area contributed by atoms with Crippen LogP contribution in [0.1, 0.15) is 79.6 Å². The molecule has 4 aliphatic carbocycles. The lowest BCUT2D eigenvalue weighted by Crippen LogP contribution is -2.51. The summed E-state index contributed by atoms with van der Waals surface area (Å²) in [5, 5.41) is 0. The normalized spacial score (nSPS) is 44.8. The predicted octanol–water partition coefficient (Wildman–Crippen LogP) is 6.73. The van der Waals surface area contributed by atoms with Crippen LogP contribution in [0, 0.1) is 28.6 Å². The minimum atomic E-state index is 0.479. The summed E-state index contributed by atoms with van der Waals surface area (Å²) in [6.45, 7) is 13.2. The minimum Gasteiger partial charge on any atom is -0.375 e. The van der Waals surface area contributed by atoms with Gasteiger partial charge in [-0.1, -0.05) is 43.2 Å². The Bertz CT molecular complexity index is 641. The van der Waals surface area contributed by atoms with Crippen molar-refractivity contribution in [2.75, 3.05) is 6.54 Å². The number of hydrogen-bond donors (Lipinski definition) is 0. The molecule has 26 heavy (non-hydrogen) atoms. The highest BCUT2D eigenvalue weighted by molar-refractivity contribution is 5.29. The lowest BCUT2D eigenvalue weighted by molar-refractivity contribution is -0.0225. The smallest absolute Gasteiger partial charge is 0.0321 e. The van der Waals surface area contributed by atoms with Gasteiger partial charge in [-0.2, -0.15) is 0 Å². The lowest BCUT2D eigenvalue weighted by Gasteiger charge is -2.58. The van der Waals surface area contributed by atoms with Gasteiger partial charge in [0.25, 0.3) is 0 Å². The average molecular weight is 354 g/mol. The second kappa shape index (κ2) is 6.57. The van der Waals surface area contributed by atoms with Crippen molar-refractivity contribution in [3.63, 3.8) is 0 Å². The lowest BCUT2D eigenvalue weighted by atomic mass is 9.47. The molecule has 2 saturated carbocycles. The Morgan fingerprint density at radius 3 is 2.58 bits per heavy atom. The van der Waals surface area contributed by atoms with Crippen LogP contribution >= 0.6 is 0 Å². The van der Waals surface area contributed by atoms with Gasteiger partial charge >= 0.3 is 0 Å². The molecule has 2 fully saturated rings. The van der Waals surface area contributed by atoms with Crippen LogP contribution in [0.3, 0.4) is 0 Å². The Labute approximate surface area is 161 Å². The zero-order valence-electron chi connectivity index (χ0n) is 17.7. The fourth-order valence-electron chi connectivity index (χ4n) is 7.38. The van der Waals surface area contributed by atoms with Gasteiger partial charge in [0.05, 0.1) is 0 Å². The van der Waals surface area contributed by atoms with E-state index in [1.807, 2.05) is 5.57 Å². The molecule has 0 saturated heterocycles. The molecule has 0 aliphatic heterocycles. The average Bonchev–Trinajstić information content (AvgIpc) is 2.94. The van der Waals surface area contributed by atoms with E-state index < -0.39 is 0 Å². The summed E-state index contributed by atoms with van der Waals surface area (Å²) >= 11 is 0. The summed E-state index contributed by atoms with van der Waals surface area (Å²) in [5.74, 6) is 2.76. The maximum atomic E-state index is 2.70. The molecule has 0 aromatic rings. The number of nitrogens with zero attached hydrogens (tertiary/aromatic N) is 1. The van der Waals surface area contributed by atoms with Crippen molar-refractivity contribution >= 4 is 0 Å². The Morgan fingerprint density at radius 1 is 1.08 bits per heavy atom. The fraction of sp³-hybridized carbons (Fsp3) is 0.760. The summed E-state index contributed by atoms with van der Waals surface area (Å²) in [6, 6.07) is 0.719. The molecule has 0 amide bonds. The van der Waals surface area contributed by atoms with Crippen LogP contribution in [0.15, 0.2) is 35.6 Å². The van der Waals surface area contributed by atoms with E-state index in [2.05, 4.69) is 63.9 Å². The maximum absolute atomic E-state index is 2.70. The van der Waals surface area contributed by atoms with Gasteiger partial charge in [0.2, 0.25) is 0 Å². The molecule has 0 aromatic carbocycles. The molecular weight excluding hydrogens is 314 g/mol. The Kier molecular flexibility index (Phi) is 4.65. The quantitative estimate of drug-likeness (QED) is 0.508. The number of hydrogen-bond acceptors (Lipinski definition) is 1. The molecule has 6 unspecified atom stereocenters. The van der Waals surface area contributed by atoms with Crippen LogP contribution in [-0.2, 0) is 0 Å². The first kappa shape index (κ1) is 18.4. The monoisotopic (exact) mass is 353 g/mol. The summed E-state index contributed by atoms with van der Waals surface area (Å²) in [4.78, 5) is 2.58. The molecule has 0 heterocycles. The van der Waals surface area contributed by atoms with Crippen LogP contribution in [0.4, 0.5) is 0 Å². The third-order valence-corrected chi connectivity index (χ3v) is 9.22. The van der Waals surface area contributed by atoms with Gasteiger partial charge in [0, 0.05) is 12.6 Å². The van der Waals surface area contributed by atoms with Crippen LogP contribution in [0.2, 0.25) is 0 Å². The number of allylic oxidation sites excluding steroid dienone is 4. The van der Waals surface area contributed by atoms with Gasteiger partial charge in [0.15, 0.2) is 0 Å². The molecule has 1 heteroatoms. The van der Waals surface area contributed by atoms with E-state index in [0.29, 0.717) is 10.8 Å². The maximum Gasteiger partial charge on any atom is 0.0321 e. The van der Waals surface area contributed by atoms with Gasteiger partial charge in [-0.05, 0) is 101 Å². The van der Waals surface area contributed by atoms with Gasteiger partial charge < -0.3 is 4.90 Å². The largest absolute Gasteiger partial charge is 0.375 e. The van der Waals surface area contributed by atoms with Crippen molar-refractivity contribution in [3.05, 3.63) is 35.6 Å². The first-order valence-electron chi connectivity index (χ1n) is 11.2. The van der Waals surface area contributed by atoms with E-state index in [0.717, 1.165) is 30.3 Å². The van der Waals surface area contributed by atoms with Crippen LogP contribution in [0.25, 0.3) is 0 Å². The van der Waals surface area contributed by atoms with Crippen LogP contribution in [0.5, 0.6) is 0 Å². The second-order valence-corrected chi connectivity index (χ2v) is 10.0. The highest BCUT2D eigenvalue weighted by Crippen LogP contribution is 2.64. The van der Waals surface area contributed by atoms with Crippen molar-refractivity contribution in [3.8, 4) is 0 Å². The van der Waals surface area contributed by atoms with Crippen molar-refractivity contribution in [2.24, 2.45) is 28.6 Å². The van der Waals surface area contributed by atoms with Gasteiger partial charge in [-0.25, -0.2) is 0 Å². The molecule has 0 bridgehead atoms. The van der Waals surface area contributed by atoms with E-state index in [9.17, 15) is 0 Å². The molecule has 144 valence electrons. The van der Waals surface area contributed by atoms with Gasteiger partial charge in [0.1, 0.15) is 0 Å². The first-order chi connectivity index (χ1) is 12.4. The van der Waals surface area contributed by atoms with Crippen molar-refractivity contribution in [2.45, 2.75) is 85.6 Å². The topological polar surface area (TPSA) is 3.24 Å². The van der Waals surface area contributed by atoms with E-state index in [-0.39, 0.29) is 0 Å². The van der Waals surface area contributed by atoms with Crippen molar-refractivity contribution in [1.29, 1.82) is 0 Å². The zero-order valence-corrected chi connectivity index (χ0v) is 17.7. The molecule has 4 rings (SSSR count). The van der Waals surface area contributed by atoms with E-state index in [1.54, 1.807) is 5.57 Å². The van der Waals surface area contributed by atoms with Crippen molar-refractivity contribution in [1.82, 2.24) is 4.90 Å². The third-order valence-electron chi connectivity index (χ3n) is 9.22. The zero-order chi connectivity index (χ0) is 18.5. The first-order valence-corrected chi connectivity index (χ1v) is 11.2. The fourth-order valence-corrected chi connectivity index (χ4v) is 7.38. The Morgan fingerprint density at radius 2 is 1.85 bits per heavy atom. The highest BCUT2D eigenvalue weighted by Gasteiger charge is 2.56. The molecule has 1 nitrogen and oxygen atoms in total. The number of rotatable bonds is 3. The van der Waals surface area contributed by atoms with Crippen LogP contribution in [-0.4, -0.2) is 17.5 Å². The van der Waals surface area contributed by atoms with E-state index in [1.165, 1.54) is 44.9 Å². The molecule has 6 atom stereocenters. The molecule has 4 aliphatic rings. The minimum absolute atomic E-state index is 0.479. The SMILES string of the molecule is C/C=C\N(CC)C1CCC2(C)C(=CCC3C4CC=C(C)C4(C)CCC32)C1. The summed E-state index contributed by atoms with van der Waals surface area (Å²) < 4.78 is 0. The van der Waals surface area contributed by atoms with E-state index in [4.69, 9.17) is 0 Å². The van der Waals surface area contributed by atoms with Crippen LogP contribution < -0.4 is 0 Å².